The minimum atomic E-state index is -1.31. The van der Waals surface area contributed by atoms with Crippen molar-refractivity contribution in [2.75, 3.05) is 6.54 Å². The lowest BCUT2D eigenvalue weighted by atomic mass is 9.92. The molecule has 0 radical (unpaired) electrons. The van der Waals surface area contributed by atoms with E-state index in [-0.39, 0.29) is 18.2 Å². The van der Waals surface area contributed by atoms with Crippen LogP contribution >= 0.6 is 0 Å². The van der Waals surface area contributed by atoms with Gasteiger partial charge in [0.1, 0.15) is 11.8 Å². The molecule has 0 aromatic heterocycles. The molecule has 2 unspecified atom stereocenters. The highest BCUT2D eigenvalue weighted by atomic mass is 16.6. The maximum atomic E-state index is 11.9. The van der Waals surface area contributed by atoms with E-state index in [0.29, 0.717) is 13.0 Å². The molecular formula is C12H22N2O4. The second-order valence-electron chi connectivity index (χ2n) is 5.64. The maximum Gasteiger partial charge on any atom is 0.313 e. The van der Waals surface area contributed by atoms with Gasteiger partial charge < -0.3 is 20.9 Å². The summed E-state index contributed by atoms with van der Waals surface area (Å²) in [6.45, 7) is 5.83. The average Bonchev–Trinajstić information content (AvgIpc) is 2.57. The van der Waals surface area contributed by atoms with Gasteiger partial charge in [-0.3, -0.25) is 9.59 Å². The van der Waals surface area contributed by atoms with Gasteiger partial charge in [-0.2, -0.15) is 0 Å². The molecule has 0 aromatic rings. The highest BCUT2D eigenvalue weighted by Gasteiger charge is 2.35. The molecule has 0 saturated carbocycles. The van der Waals surface area contributed by atoms with E-state index < -0.39 is 23.7 Å². The molecule has 0 aromatic carbocycles. The zero-order chi connectivity index (χ0) is 13.9. The fourth-order valence-electron chi connectivity index (χ4n) is 1.93. The summed E-state index contributed by atoms with van der Waals surface area (Å²) in [4.78, 5) is 23.4. The fraction of sp³-hybridized carbons (Fsp3) is 0.833. The third-order valence-electron chi connectivity index (χ3n) is 2.82. The van der Waals surface area contributed by atoms with Gasteiger partial charge in [-0.25, -0.2) is 0 Å². The number of rotatable bonds is 4. The first-order chi connectivity index (χ1) is 8.20. The number of esters is 1. The number of nitrogens with two attached hydrogens (primary N) is 1. The van der Waals surface area contributed by atoms with Gasteiger partial charge in [0.05, 0.1) is 5.92 Å². The fourth-order valence-corrected chi connectivity index (χ4v) is 1.93. The normalized spacial score (nSPS) is 23.4. The van der Waals surface area contributed by atoms with Crippen LogP contribution in [0, 0.1) is 11.8 Å². The van der Waals surface area contributed by atoms with E-state index in [2.05, 4.69) is 5.32 Å². The van der Waals surface area contributed by atoms with E-state index in [1.54, 1.807) is 20.8 Å². The molecule has 1 aliphatic rings. The molecule has 6 nitrogen and oxygen atoms in total. The summed E-state index contributed by atoms with van der Waals surface area (Å²) in [6.07, 6.45) is -0.434. The first-order valence-corrected chi connectivity index (χ1v) is 6.15. The molecule has 6 heteroatoms. The van der Waals surface area contributed by atoms with Crippen molar-refractivity contribution in [2.45, 2.75) is 45.4 Å². The lowest BCUT2D eigenvalue weighted by Gasteiger charge is -2.26. The number of hydrogen-bond donors (Lipinski definition) is 3. The summed E-state index contributed by atoms with van der Waals surface area (Å²) in [7, 11) is 0. The monoisotopic (exact) mass is 258 g/mol. The van der Waals surface area contributed by atoms with Crippen LogP contribution in [0.15, 0.2) is 0 Å². The van der Waals surface area contributed by atoms with E-state index in [9.17, 15) is 14.7 Å². The van der Waals surface area contributed by atoms with Crippen LogP contribution in [0.25, 0.3) is 0 Å². The summed E-state index contributed by atoms with van der Waals surface area (Å²) >= 11 is 0. The molecule has 1 aliphatic heterocycles. The van der Waals surface area contributed by atoms with Crippen molar-refractivity contribution in [1.29, 1.82) is 0 Å². The average molecular weight is 258 g/mol. The van der Waals surface area contributed by atoms with Gasteiger partial charge in [-0.05, 0) is 33.6 Å². The molecule has 1 saturated heterocycles. The van der Waals surface area contributed by atoms with E-state index >= 15 is 0 Å². The van der Waals surface area contributed by atoms with Gasteiger partial charge in [0.2, 0.25) is 5.91 Å². The number of amides is 1. The lowest BCUT2D eigenvalue weighted by Crippen LogP contribution is -2.41. The number of nitrogens with one attached hydrogen (secondary N) is 1. The standard InChI is InChI=1S/C12H22N2O4/c1-12(2,3)18-11(17)8(9(13)15)6-7-4-5-14-10(7)16/h7-9,15H,4-6,13H2,1-3H3,(H,14,16)/t7?,8?,9-/m0/s1. The van der Waals surface area contributed by atoms with Gasteiger partial charge in [0, 0.05) is 12.5 Å². The highest BCUT2D eigenvalue weighted by molar-refractivity contribution is 5.82. The summed E-state index contributed by atoms with van der Waals surface area (Å²) < 4.78 is 5.20. The van der Waals surface area contributed by atoms with Crippen LogP contribution in [0.2, 0.25) is 0 Å². The molecule has 104 valence electrons. The second-order valence-corrected chi connectivity index (χ2v) is 5.64. The predicted molar refractivity (Wildman–Crippen MR) is 65.3 cm³/mol. The molecule has 1 amide bonds. The number of carbonyl (C=O) groups is 2. The third kappa shape index (κ3) is 4.27. The van der Waals surface area contributed by atoms with E-state index in [1.807, 2.05) is 0 Å². The highest BCUT2D eigenvalue weighted by Crippen LogP contribution is 2.23. The largest absolute Gasteiger partial charge is 0.460 e. The Hall–Kier alpha value is -1.14. The van der Waals surface area contributed by atoms with E-state index in [4.69, 9.17) is 10.5 Å². The van der Waals surface area contributed by atoms with Gasteiger partial charge in [-0.1, -0.05) is 0 Å². The minimum absolute atomic E-state index is 0.0933. The second kappa shape index (κ2) is 5.67. The molecule has 0 aliphatic carbocycles. The molecule has 1 rings (SSSR count). The molecule has 0 spiro atoms. The Labute approximate surface area is 107 Å². The number of aliphatic hydroxyl groups excluding tert-OH is 1. The van der Waals surface area contributed by atoms with Crippen LogP contribution < -0.4 is 11.1 Å². The third-order valence-corrected chi connectivity index (χ3v) is 2.82. The number of aliphatic hydroxyl groups is 1. The summed E-state index contributed by atoms with van der Waals surface area (Å²) in [5.41, 5.74) is 4.77. The van der Waals surface area contributed by atoms with Crippen LogP contribution in [0.4, 0.5) is 0 Å². The van der Waals surface area contributed by atoms with Crippen LogP contribution in [0.3, 0.4) is 0 Å². The first-order valence-electron chi connectivity index (χ1n) is 6.15. The van der Waals surface area contributed by atoms with Crippen molar-refractivity contribution in [1.82, 2.24) is 5.32 Å². The number of hydrogen-bond acceptors (Lipinski definition) is 5. The molecule has 0 bridgehead atoms. The Balaban J connectivity index is 2.65. The molecule has 1 heterocycles. The van der Waals surface area contributed by atoms with E-state index in [1.165, 1.54) is 0 Å². The Morgan fingerprint density at radius 3 is 2.61 bits per heavy atom. The smallest absolute Gasteiger partial charge is 0.313 e. The molecule has 1 fully saturated rings. The van der Waals surface area contributed by atoms with Crippen LogP contribution in [0.5, 0.6) is 0 Å². The van der Waals surface area contributed by atoms with Crippen molar-refractivity contribution in [2.24, 2.45) is 17.6 Å². The Bertz CT molecular complexity index is 323. The van der Waals surface area contributed by atoms with Crippen molar-refractivity contribution in [3.63, 3.8) is 0 Å². The van der Waals surface area contributed by atoms with Gasteiger partial charge in [-0.15, -0.1) is 0 Å². The number of carbonyl (C=O) groups excluding carboxylic acids is 2. The van der Waals surface area contributed by atoms with Crippen molar-refractivity contribution >= 4 is 11.9 Å². The van der Waals surface area contributed by atoms with Gasteiger partial charge in [0.25, 0.3) is 0 Å². The van der Waals surface area contributed by atoms with Crippen molar-refractivity contribution in [3.8, 4) is 0 Å². The predicted octanol–water partition coefficient (Wildman–Crippen LogP) is -0.252. The SMILES string of the molecule is CC(C)(C)OC(=O)C(CC1CCNC1=O)[C@@H](N)O. The summed E-state index contributed by atoms with van der Waals surface area (Å²) in [5.74, 6) is -1.79. The summed E-state index contributed by atoms with van der Waals surface area (Å²) in [5, 5.41) is 12.2. The Kier molecular flexibility index (Phi) is 4.70. The number of ether oxygens (including phenoxy) is 1. The minimum Gasteiger partial charge on any atom is -0.460 e. The first kappa shape index (κ1) is 14.9. The van der Waals surface area contributed by atoms with Crippen LogP contribution in [-0.4, -0.2) is 35.4 Å². The Morgan fingerprint density at radius 2 is 2.22 bits per heavy atom. The van der Waals surface area contributed by atoms with Gasteiger partial charge >= 0.3 is 5.97 Å². The quantitative estimate of drug-likeness (QED) is 0.476. The molecular weight excluding hydrogens is 236 g/mol. The molecule has 18 heavy (non-hydrogen) atoms. The van der Waals surface area contributed by atoms with Crippen LogP contribution in [-0.2, 0) is 14.3 Å². The molecule has 4 N–H and O–H groups in total. The molecule has 3 atom stereocenters. The van der Waals surface area contributed by atoms with Crippen molar-refractivity contribution < 1.29 is 19.4 Å². The lowest BCUT2D eigenvalue weighted by molar-refractivity contribution is -0.164. The summed E-state index contributed by atoms with van der Waals surface area (Å²) in [6, 6.07) is 0. The topological polar surface area (TPSA) is 102 Å². The van der Waals surface area contributed by atoms with E-state index in [0.717, 1.165) is 0 Å². The van der Waals surface area contributed by atoms with Crippen molar-refractivity contribution in [3.05, 3.63) is 0 Å². The Morgan fingerprint density at radius 1 is 1.61 bits per heavy atom. The zero-order valence-corrected chi connectivity index (χ0v) is 11.1. The zero-order valence-electron chi connectivity index (χ0n) is 11.1. The van der Waals surface area contributed by atoms with Crippen LogP contribution in [0.1, 0.15) is 33.6 Å². The maximum absolute atomic E-state index is 11.9. The van der Waals surface area contributed by atoms with Gasteiger partial charge in [0.15, 0.2) is 0 Å².